The van der Waals surface area contributed by atoms with Gasteiger partial charge in [-0.3, -0.25) is 14.4 Å². The number of benzene rings is 3. The number of carbonyl (C=O) groups excluding carboxylic acids is 3. The van der Waals surface area contributed by atoms with Crippen LogP contribution in [0.15, 0.2) is 76.5 Å². The van der Waals surface area contributed by atoms with Gasteiger partial charge in [0.15, 0.2) is 11.5 Å². The Kier molecular flexibility index (Phi) is 8.68. The summed E-state index contributed by atoms with van der Waals surface area (Å²) in [6.45, 7) is -0.0101. The minimum absolute atomic E-state index is 0.0101. The average molecular weight is 617 g/mol. The minimum Gasteiger partial charge on any atom is -0.493 e. The summed E-state index contributed by atoms with van der Waals surface area (Å²) in [5.41, 5.74) is 0.949. The van der Waals surface area contributed by atoms with Crippen LogP contribution in [0.5, 0.6) is 11.5 Å². The molecule has 1 aliphatic heterocycles. The maximum Gasteiger partial charge on any atom is 0.257 e. The van der Waals surface area contributed by atoms with E-state index in [-0.39, 0.29) is 46.2 Å². The number of rotatable bonds is 10. The molecule has 0 saturated carbocycles. The van der Waals surface area contributed by atoms with Crippen LogP contribution in [-0.4, -0.2) is 66.3 Å². The summed E-state index contributed by atoms with van der Waals surface area (Å²) in [5.74, 6) is -1.16. The predicted octanol–water partition coefficient (Wildman–Crippen LogP) is 1.02. The van der Waals surface area contributed by atoms with Gasteiger partial charge in [0, 0.05) is 12.1 Å². The van der Waals surface area contributed by atoms with Crippen LogP contribution < -0.4 is 24.7 Å². The average Bonchev–Trinajstić information content (AvgIpc) is 3.25. The molecule has 1 unspecified atom stereocenters. The number of nitrogens with two attached hydrogens (primary N) is 2. The second-order valence-corrected chi connectivity index (χ2v) is 12.5. The number of methoxy groups -OCH3 is 2. The molecule has 0 bridgehead atoms. The summed E-state index contributed by atoms with van der Waals surface area (Å²) in [6, 6.07) is 14.0. The fraction of sp³-hybridized carbons (Fsp3) is 0.222. The molecule has 42 heavy (non-hydrogen) atoms. The Morgan fingerprint density at radius 3 is 1.93 bits per heavy atom. The van der Waals surface area contributed by atoms with Crippen LogP contribution in [-0.2, 0) is 36.1 Å². The number of hydrogen-bond acceptors (Lipinski definition) is 9. The van der Waals surface area contributed by atoms with E-state index in [1.807, 2.05) is 0 Å². The fourth-order valence-corrected chi connectivity index (χ4v) is 5.58. The normalized spacial score (nSPS) is 15.5. The van der Waals surface area contributed by atoms with Crippen LogP contribution in [0.25, 0.3) is 0 Å². The predicted molar refractivity (Wildman–Crippen MR) is 151 cm³/mol. The van der Waals surface area contributed by atoms with Gasteiger partial charge < -0.3 is 14.4 Å². The van der Waals surface area contributed by atoms with E-state index < -0.39 is 43.8 Å². The topological polar surface area (TPSA) is 196 Å². The first kappa shape index (κ1) is 30.6. The lowest BCUT2D eigenvalue weighted by atomic mass is 10.1. The Bertz CT molecular complexity index is 1740. The number of primary sulfonamides is 2. The maximum absolute atomic E-state index is 13.8. The van der Waals surface area contributed by atoms with Crippen molar-refractivity contribution in [2.45, 2.75) is 28.7 Å². The van der Waals surface area contributed by atoms with Crippen molar-refractivity contribution >= 4 is 43.5 Å². The van der Waals surface area contributed by atoms with Crippen molar-refractivity contribution in [3.05, 3.63) is 77.9 Å². The smallest absolute Gasteiger partial charge is 0.257 e. The molecule has 4 N–H and O–H groups in total. The molecule has 15 heteroatoms. The van der Waals surface area contributed by atoms with Crippen molar-refractivity contribution in [2.75, 3.05) is 25.7 Å². The highest BCUT2D eigenvalue weighted by atomic mass is 32.2. The molecule has 1 aliphatic rings. The van der Waals surface area contributed by atoms with Crippen LogP contribution in [0.3, 0.4) is 0 Å². The minimum atomic E-state index is -3.99. The van der Waals surface area contributed by atoms with Gasteiger partial charge in [0.2, 0.25) is 26.0 Å². The SMILES string of the molecule is COc1ccc(C(=O)N(CCc2ccc(S(N)(=O)=O)cc2)C2CC(=O)N(c3ccc(S(N)(=O)=O)cc3)C2=O)cc1OC. The molecular weight excluding hydrogens is 588 g/mol. The Hall–Kier alpha value is -4.31. The Morgan fingerprint density at radius 2 is 1.40 bits per heavy atom. The Morgan fingerprint density at radius 1 is 0.857 bits per heavy atom. The summed E-state index contributed by atoms with van der Waals surface area (Å²) < 4.78 is 57.0. The van der Waals surface area contributed by atoms with Crippen molar-refractivity contribution in [2.24, 2.45) is 10.3 Å². The third kappa shape index (κ3) is 6.44. The largest absolute Gasteiger partial charge is 0.493 e. The molecule has 3 aromatic carbocycles. The molecule has 0 radical (unpaired) electrons. The number of anilines is 1. The summed E-state index contributed by atoms with van der Waals surface area (Å²) in [7, 11) is -5.04. The van der Waals surface area contributed by atoms with Crippen LogP contribution in [0.1, 0.15) is 22.3 Å². The van der Waals surface area contributed by atoms with Gasteiger partial charge in [-0.2, -0.15) is 0 Å². The fourth-order valence-electron chi connectivity index (χ4n) is 4.54. The number of sulfonamides is 2. The molecule has 4 rings (SSSR count). The lowest BCUT2D eigenvalue weighted by molar-refractivity contribution is -0.122. The highest BCUT2D eigenvalue weighted by Gasteiger charge is 2.44. The number of imide groups is 1. The van der Waals surface area contributed by atoms with Gasteiger partial charge in [0.1, 0.15) is 6.04 Å². The molecule has 3 aromatic rings. The first-order valence-corrected chi connectivity index (χ1v) is 15.5. The van der Waals surface area contributed by atoms with Crippen LogP contribution in [0.4, 0.5) is 5.69 Å². The first-order chi connectivity index (χ1) is 19.7. The molecule has 1 saturated heterocycles. The standard InChI is InChI=1S/C27H28N4O9S2/c1-39-23-12-5-18(15-24(23)40-2)26(33)30(14-13-17-3-8-20(9-4-17)41(28,35)36)22-16-25(32)31(27(22)34)19-6-10-21(11-7-19)42(29,37)38/h3-12,15,22H,13-14,16H2,1-2H3,(H2,28,35,36)(H2,29,37,38). The Balaban J connectivity index is 1.67. The zero-order valence-corrected chi connectivity index (χ0v) is 24.2. The molecule has 13 nitrogen and oxygen atoms in total. The number of amides is 3. The second-order valence-electron chi connectivity index (χ2n) is 9.33. The molecule has 0 aliphatic carbocycles. The van der Waals surface area contributed by atoms with E-state index in [9.17, 15) is 31.2 Å². The van der Waals surface area contributed by atoms with Crippen LogP contribution in [0, 0.1) is 0 Å². The van der Waals surface area contributed by atoms with Crippen molar-refractivity contribution < 1.29 is 40.7 Å². The zero-order valence-electron chi connectivity index (χ0n) is 22.6. The van der Waals surface area contributed by atoms with E-state index >= 15 is 0 Å². The van der Waals surface area contributed by atoms with E-state index in [4.69, 9.17) is 19.8 Å². The number of carbonyl (C=O) groups is 3. The van der Waals surface area contributed by atoms with E-state index in [2.05, 4.69) is 0 Å². The molecule has 0 aromatic heterocycles. The molecular formula is C27H28N4O9S2. The molecule has 0 spiro atoms. The number of nitrogens with zero attached hydrogens (tertiary/aromatic N) is 2. The second kappa shape index (κ2) is 11.9. The van der Waals surface area contributed by atoms with Crippen molar-refractivity contribution in [1.29, 1.82) is 0 Å². The van der Waals surface area contributed by atoms with Gasteiger partial charge in [-0.05, 0) is 66.6 Å². The number of hydrogen-bond donors (Lipinski definition) is 2. The third-order valence-electron chi connectivity index (χ3n) is 6.71. The molecule has 3 amide bonds. The van der Waals surface area contributed by atoms with Gasteiger partial charge in [-0.1, -0.05) is 12.1 Å². The van der Waals surface area contributed by atoms with E-state index in [0.29, 0.717) is 11.3 Å². The van der Waals surface area contributed by atoms with Crippen molar-refractivity contribution in [3.8, 4) is 11.5 Å². The summed E-state index contributed by atoms with van der Waals surface area (Å²) in [5, 5.41) is 10.3. The van der Waals surface area contributed by atoms with E-state index in [1.165, 1.54) is 73.7 Å². The van der Waals surface area contributed by atoms with Crippen LogP contribution in [0.2, 0.25) is 0 Å². The highest BCUT2D eigenvalue weighted by Crippen LogP contribution is 2.31. The third-order valence-corrected chi connectivity index (χ3v) is 8.57. The van der Waals surface area contributed by atoms with Gasteiger partial charge in [-0.15, -0.1) is 0 Å². The first-order valence-electron chi connectivity index (χ1n) is 12.4. The van der Waals surface area contributed by atoms with Crippen LogP contribution >= 0.6 is 0 Å². The summed E-state index contributed by atoms with van der Waals surface area (Å²) in [6.07, 6.45) is -0.107. The molecule has 1 heterocycles. The van der Waals surface area contributed by atoms with E-state index in [1.54, 1.807) is 12.1 Å². The maximum atomic E-state index is 13.8. The quantitative estimate of drug-likeness (QED) is 0.312. The molecule has 1 atom stereocenters. The van der Waals surface area contributed by atoms with Gasteiger partial charge in [-0.25, -0.2) is 32.0 Å². The van der Waals surface area contributed by atoms with Gasteiger partial charge in [0.05, 0.1) is 36.1 Å². The lowest BCUT2D eigenvalue weighted by Gasteiger charge is -2.28. The van der Waals surface area contributed by atoms with Gasteiger partial charge >= 0.3 is 0 Å². The molecule has 222 valence electrons. The number of ether oxygens (including phenoxy) is 2. The lowest BCUT2D eigenvalue weighted by Crippen LogP contribution is -2.46. The van der Waals surface area contributed by atoms with E-state index in [0.717, 1.165) is 4.90 Å². The molecule has 1 fully saturated rings. The van der Waals surface area contributed by atoms with Crippen molar-refractivity contribution in [3.63, 3.8) is 0 Å². The highest BCUT2D eigenvalue weighted by molar-refractivity contribution is 7.89. The Labute approximate surface area is 242 Å². The zero-order chi connectivity index (χ0) is 30.8. The monoisotopic (exact) mass is 616 g/mol. The van der Waals surface area contributed by atoms with Crippen molar-refractivity contribution in [1.82, 2.24) is 4.90 Å². The summed E-state index contributed by atoms with van der Waals surface area (Å²) >= 11 is 0. The summed E-state index contributed by atoms with van der Waals surface area (Å²) in [4.78, 5) is 42.4. The van der Waals surface area contributed by atoms with Gasteiger partial charge in [0.25, 0.3) is 11.8 Å².